The second-order valence-electron chi connectivity index (χ2n) is 2.27. The fraction of sp³-hybridized carbons (Fsp3) is 0.833. The van der Waals surface area contributed by atoms with Crippen molar-refractivity contribution in [2.45, 2.75) is 6.92 Å². The maximum Gasteiger partial charge on any atom is 0.212 e. The Kier molecular flexibility index (Phi) is 5.50. The molecule has 0 rings (SSSR count). The van der Waals surface area contributed by atoms with E-state index in [1.54, 1.807) is 5.48 Å². The van der Waals surface area contributed by atoms with Crippen molar-refractivity contribution in [2.24, 2.45) is 10.7 Å². The summed E-state index contributed by atoms with van der Waals surface area (Å²) in [5.41, 5.74) is 6.94. The van der Waals surface area contributed by atoms with E-state index in [4.69, 9.17) is 10.9 Å². The minimum Gasteiger partial charge on any atom is -0.368 e. The highest BCUT2D eigenvalue weighted by atomic mass is 16.5. The molecule has 0 saturated carbocycles. The zero-order valence-corrected chi connectivity index (χ0v) is 7.04. The maximum absolute atomic E-state index is 8.24. The molecule has 0 radical (unpaired) electrons. The zero-order valence-electron chi connectivity index (χ0n) is 7.04. The van der Waals surface area contributed by atoms with Gasteiger partial charge in [-0.15, -0.1) is 0 Å². The third-order valence-corrected chi connectivity index (χ3v) is 1.42. The predicted molar refractivity (Wildman–Crippen MR) is 44.6 cm³/mol. The van der Waals surface area contributed by atoms with Gasteiger partial charge < -0.3 is 10.6 Å². The van der Waals surface area contributed by atoms with Crippen LogP contribution in [0, 0.1) is 0 Å². The van der Waals surface area contributed by atoms with Crippen LogP contribution in [0.5, 0.6) is 0 Å². The predicted octanol–water partition coefficient (Wildman–Crippen LogP) is -0.768. The lowest BCUT2D eigenvalue weighted by Crippen LogP contribution is -2.30. The number of nitrogens with two attached hydrogens (primary N) is 1. The van der Waals surface area contributed by atoms with Crippen LogP contribution in [0.25, 0.3) is 0 Å². The van der Waals surface area contributed by atoms with Crippen LogP contribution >= 0.6 is 0 Å². The molecule has 0 aromatic rings. The van der Waals surface area contributed by atoms with Gasteiger partial charge in [-0.05, 0) is 13.6 Å². The Balaban J connectivity index is 3.39. The highest BCUT2D eigenvalue weighted by molar-refractivity contribution is 5.76. The first-order valence-corrected chi connectivity index (χ1v) is 3.59. The van der Waals surface area contributed by atoms with Gasteiger partial charge in [0.25, 0.3) is 0 Å². The second-order valence-corrected chi connectivity index (χ2v) is 2.27. The molecule has 0 amide bonds. The van der Waals surface area contributed by atoms with Crippen molar-refractivity contribution in [1.82, 2.24) is 10.4 Å². The van der Waals surface area contributed by atoms with Crippen LogP contribution in [0.15, 0.2) is 4.99 Å². The van der Waals surface area contributed by atoms with Gasteiger partial charge in [0, 0.05) is 6.54 Å². The van der Waals surface area contributed by atoms with E-state index in [9.17, 15) is 0 Å². The fourth-order valence-electron chi connectivity index (χ4n) is 0.535. The minimum atomic E-state index is 0.0644. The summed E-state index contributed by atoms with van der Waals surface area (Å²) in [6.45, 7) is 4.50. The molecule has 66 valence electrons. The van der Waals surface area contributed by atoms with E-state index in [1.165, 1.54) is 0 Å². The monoisotopic (exact) mass is 160 g/mol. The van der Waals surface area contributed by atoms with Crippen molar-refractivity contribution in [2.75, 3.05) is 26.7 Å². The summed E-state index contributed by atoms with van der Waals surface area (Å²) in [6, 6.07) is 0. The van der Waals surface area contributed by atoms with E-state index in [0.29, 0.717) is 6.54 Å². The molecule has 0 spiro atoms. The molecule has 0 aliphatic rings. The molecule has 5 heteroatoms. The standard InChI is InChI=1S/C6H16N4O/c1-3-10(2)5-4-8-6(7)9-11/h11H,3-5H2,1-2H3,(H3,7,8,9). The van der Waals surface area contributed by atoms with Gasteiger partial charge in [-0.2, -0.15) is 0 Å². The molecule has 0 unspecified atom stereocenters. The van der Waals surface area contributed by atoms with Gasteiger partial charge in [-0.1, -0.05) is 6.92 Å². The Morgan fingerprint density at radius 1 is 1.73 bits per heavy atom. The van der Waals surface area contributed by atoms with E-state index < -0.39 is 0 Å². The third kappa shape index (κ3) is 5.63. The smallest absolute Gasteiger partial charge is 0.212 e. The SMILES string of the molecule is CCN(C)CCN=C(N)NO. The van der Waals surface area contributed by atoms with E-state index in [1.807, 2.05) is 7.05 Å². The Morgan fingerprint density at radius 2 is 2.36 bits per heavy atom. The number of hydrogen-bond donors (Lipinski definition) is 3. The van der Waals surface area contributed by atoms with E-state index in [0.717, 1.165) is 13.1 Å². The van der Waals surface area contributed by atoms with Crippen LogP contribution in [0.2, 0.25) is 0 Å². The summed E-state index contributed by atoms with van der Waals surface area (Å²) in [6.07, 6.45) is 0. The molecule has 0 aliphatic carbocycles. The lowest BCUT2D eigenvalue weighted by atomic mass is 10.5. The number of guanidine groups is 1. The van der Waals surface area contributed by atoms with Crippen LogP contribution in [-0.2, 0) is 0 Å². The van der Waals surface area contributed by atoms with Crippen LogP contribution in [0.1, 0.15) is 6.92 Å². The summed E-state index contributed by atoms with van der Waals surface area (Å²) < 4.78 is 0. The van der Waals surface area contributed by atoms with E-state index in [2.05, 4.69) is 16.8 Å². The molecule has 0 fully saturated rings. The molecule has 0 heterocycles. The molecule has 11 heavy (non-hydrogen) atoms. The second kappa shape index (κ2) is 5.94. The first-order valence-electron chi connectivity index (χ1n) is 3.59. The number of nitrogens with one attached hydrogen (secondary N) is 1. The largest absolute Gasteiger partial charge is 0.368 e. The summed E-state index contributed by atoms with van der Waals surface area (Å²) in [7, 11) is 2.00. The van der Waals surface area contributed by atoms with Gasteiger partial charge in [-0.3, -0.25) is 10.2 Å². The molecule has 0 aliphatic heterocycles. The van der Waals surface area contributed by atoms with Crippen molar-refractivity contribution in [3.8, 4) is 0 Å². The molecular weight excluding hydrogens is 144 g/mol. The van der Waals surface area contributed by atoms with Gasteiger partial charge in [0.15, 0.2) is 0 Å². The average molecular weight is 160 g/mol. The van der Waals surface area contributed by atoms with Gasteiger partial charge >= 0.3 is 0 Å². The number of likely N-dealkylation sites (N-methyl/N-ethyl adjacent to an activating group) is 1. The van der Waals surface area contributed by atoms with Gasteiger partial charge in [0.05, 0.1) is 6.54 Å². The first kappa shape index (κ1) is 10.2. The number of hydroxylamine groups is 1. The Hall–Kier alpha value is -0.810. The van der Waals surface area contributed by atoms with Crippen molar-refractivity contribution in [1.29, 1.82) is 0 Å². The third-order valence-electron chi connectivity index (χ3n) is 1.42. The molecule has 0 aromatic heterocycles. The van der Waals surface area contributed by atoms with Crippen LogP contribution < -0.4 is 11.2 Å². The van der Waals surface area contributed by atoms with Gasteiger partial charge in [-0.25, -0.2) is 5.48 Å². The lowest BCUT2D eigenvalue weighted by molar-refractivity contribution is 0.232. The highest BCUT2D eigenvalue weighted by Crippen LogP contribution is 1.80. The van der Waals surface area contributed by atoms with Crippen LogP contribution in [0.4, 0.5) is 0 Å². The van der Waals surface area contributed by atoms with E-state index in [-0.39, 0.29) is 5.96 Å². The number of hydrogen-bond acceptors (Lipinski definition) is 3. The highest BCUT2D eigenvalue weighted by Gasteiger charge is 1.92. The fourth-order valence-corrected chi connectivity index (χ4v) is 0.535. The first-order chi connectivity index (χ1) is 5.20. The summed E-state index contributed by atoms with van der Waals surface area (Å²) >= 11 is 0. The Morgan fingerprint density at radius 3 is 2.82 bits per heavy atom. The molecule has 0 atom stereocenters. The van der Waals surface area contributed by atoms with Crippen LogP contribution in [0.3, 0.4) is 0 Å². The van der Waals surface area contributed by atoms with Crippen molar-refractivity contribution in [3.05, 3.63) is 0 Å². The zero-order chi connectivity index (χ0) is 8.69. The van der Waals surface area contributed by atoms with Crippen LogP contribution in [-0.4, -0.2) is 42.7 Å². The molecule has 0 aromatic carbocycles. The van der Waals surface area contributed by atoms with Crippen molar-refractivity contribution >= 4 is 5.96 Å². The quantitative estimate of drug-likeness (QED) is 0.287. The van der Waals surface area contributed by atoms with Crippen molar-refractivity contribution < 1.29 is 5.21 Å². The summed E-state index contributed by atoms with van der Waals surface area (Å²) in [5.74, 6) is 0.0644. The molecular formula is C6H16N4O. The molecule has 4 N–H and O–H groups in total. The summed E-state index contributed by atoms with van der Waals surface area (Å²) in [5, 5.41) is 8.24. The van der Waals surface area contributed by atoms with Gasteiger partial charge in [0.1, 0.15) is 0 Å². The van der Waals surface area contributed by atoms with E-state index >= 15 is 0 Å². The summed E-state index contributed by atoms with van der Waals surface area (Å²) in [4.78, 5) is 5.93. The number of aliphatic imine (C=N–C) groups is 1. The average Bonchev–Trinajstić information content (AvgIpc) is 2.04. The molecule has 5 nitrogen and oxygen atoms in total. The number of nitrogens with zero attached hydrogens (tertiary/aromatic N) is 2. The topological polar surface area (TPSA) is 73.9 Å². The van der Waals surface area contributed by atoms with Crippen molar-refractivity contribution in [3.63, 3.8) is 0 Å². The molecule has 0 bridgehead atoms. The minimum absolute atomic E-state index is 0.0644. The van der Waals surface area contributed by atoms with Gasteiger partial charge in [0.2, 0.25) is 5.96 Å². The lowest BCUT2D eigenvalue weighted by Gasteiger charge is -2.11. The Bertz CT molecular complexity index is 126. The molecule has 0 saturated heterocycles. The number of rotatable bonds is 4. The maximum atomic E-state index is 8.24. The normalized spacial score (nSPS) is 12.2. The Labute approximate surface area is 66.9 Å².